The second-order valence-corrected chi connectivity index (χ2v) is 4.80. The van der Waals surface area contributed by atoms with E-state index in [1.807, 2.05) is 6.08 Å². The Balaban J connectivity index is 1.88. The third-order valence-corrected chi connectivity index (χ3v) is 3.13. The highest BCUT2D eigenvalue weighted by molar-refractivity contribution is 5.71. The Morgan fingerprint density at radius 2 is 1.74 bits per heavy atom. The summed E-state index contributed by atoms with van der Waals surface area (Å²) >= 11 is 0. The molecule has 3 heteroatoms. The van der Waals surface area contributed by atoms with E-state index in [-0.39, 0.29) is 0 Å². The molecule has 0 aliphatic carbocycles. The van der Waals surface area contributed by atoms with Gasteiger partial charge in [0.1, 0.15) is 0 Å². The smallest absolute Gasteiger partial charge is 0.193 e. The van der Waals surface area contributed by atoms with E-state index in [2.05, 4.69) is 11.9 Å². The van der Waals surface area contributed by atoms with Crippen molar-refractivity contribution in [3.8, 4) is 0 Å². The van der Waals surface area contributed by atoms with Crippen LogP contribution in [0.3, 0.4) is 0 Å². The molecular formula is C16H25NO2. The van der Waals surface area contributed by atoms with Gasteiger partial charge in [0.05, 0.1) is 0 Å². The number of nitrogens with one attached hydrogen (secondary N) is 1. The summed E-state index contributed by atoms with van der Waals surface area (Å²) in [4.78, 5) is 10.4. The zero-order valence-electron chi connectivity index (χ0n) is 11.7. The molecule has 19 heavy (non-hydrogen) atoms. The Hall–Kier alpha value is -1.51. The predicted octanol–water partition coefficient (Wildman–Crippen LogP) is 4.81. The van der Waals surface area contributed by atoms with Crippen molar-refractivity contribution < 1.29 is 9.21 Å². The summed E-state index contributed by atoms with van der Waals surface area (Å²) in [5.41, 5.74) is 0. The van der Waals surface area contributed by atoms with Gasteiger partial charge in [-0.1, -0.05) is 38.2 Å². The second-order valence-electron chi connectivity index (χ2n) is 4.80. The zero-order chi connectivity index (χ0) is 13.8. The van der Waals surface area contributed by atoms with E-state index in [0.717, 1.165) is 25.7 Å². The zero-order valence-corrected chi connectivity index (χ0v) is 11.7. The van der Waals surface area contributed by atoms with Crippen molar-refractivity contribution in [3.05, 3.63) is 30.5 Å². The second kappa shape index (κ2) is 10.4. The molecule has 0 atom stereocenters. The van der Waals surface area contributed by atoms with E-state index >= 15 is 0 Å². The Morgan fingerprint density at radius 1 is 1.05 bits per heavy atom. The minimum Gasteiger partial charge on any atom is -0.438 e. The summed E-state index contributed by atoms with van der Waals surface area (Å²) in [5.74, 6) is 1.06. The quantitative estimate of drug-likeness (QED) is 0.334. The van der Waals surface area contributed by atoms with Gasteiger partial charge in [-0.15, -0.1) is 6.58 Å². The number of allylic oxidation sites excluding steroid dienone is 1. The highest BCUT2D eigenvalue weighted by Gasteiger charge is 1.99. The Labute approximate surface area is 116 Å². The first-order chi connectivity index (χ1) is 9.36. The molecule has 1 aromatic rings. The lowest BCUT2D eigenvalue weighted by molar-refractivity contribution is 0.110. The van der Waals surface area contributed by atoms with Gasteiger partial charge in [0.15, 0.2) is 17.9 Å². The van der Waals surface area contributed by atoms with Crippen LogP contribution in [-0.4, -0.2) is 12.8 Å². The van der Waals surface area contributed by atoms with Crippen molar-refractivity contribution in [1.29, 1.82) is 0 Å². The normalized spacial score (nSPS) is 10.3. The van der Waals surface area contributed by atoms with Crippen molar-refractivity contribution in [1.82, 2.24) is 0 Å². The third-order valence-electron chi connectivity index (χ3n) is 3.13. The van der Waals surface area contributed by atoms with E-state index in [1.165, 1.54) is 38.5 Å². The van der Waals surface area contributed by atoms with Crippen LogP contribution < -0.4 is 5.32 Å². The van der Waals surface area contributed by atoms with E-state index in [1.54, 1.807) is 12.1 Å². The first-order valence-corrected chi connectivity index (χ1v) is 7.26. The molecule has 1 aromatic heterocycles. The summed E-state index contributed by atoms with van der Waals surface area (Å²) < 4.78 is 5.23. The van der Waals surface area contributed by atoms with Crippen LogP contribution in [0.1, 0.15) is 61.9 Å². The highest BCUT2D eigenvalue weighted by atomic mass is 16.4. The first-order valence-electron chi connectivity index (χ1n) is 7.26. The number of anilines is 1. The number of carbonyl (C=O) groups is 1. The molecule has 0 unspecified atom stereocenters. The van der Waals surface area contributed by atoms with Crippen LogP contribution in [0.2, 0.25) is 0 Å². The van der Waals surface area contributed by atoms with Crippen molar-refractivity contribution >= 4 is 12.2 Å². The number of aldehydes is 1. The van der Waals surface area contributed by atoms with Crippen LogP contribution in [0.5, 0.6) is 0 Å². The average molecular weight is 263 g/mol. The van der Waals surface area contributed by atoms with E-state index in [9.17, 15) is 4.79 Å². The fourth-order valence-corrected chi connectivity index (χ4v) is 2.02. The summed E-state index contributed by atoms with van der Waals surface area (Å²) in [6.45, 7) is 4.63. The number of carbonyl (C=O) groups excluding carboxylic acids is 1. The number of unbranched alkanes of at least 4 members (excludes halogenated alkanes) is 7. The van der Waals surface area contributed by atoms with Gasteiger partial charge in [-0.25, -0.2) is 0 Å². The fraction of sp³-hybridized carbons (Fsp3) is 0.562. The predicted molar refractivity (Wildman–Crippen MR) is 79.7 cm³/mol. The van der Waals surface area contributed by atoms with Crippen LogP contribution in [0.4, 0.5) is 5.88 Å². The van der Waals surface area contributed by atoms with Crippen LogP contribution in [-0.2, 0) is 0 Å². The lowest BCUT2D eigenvalue weighted by atomic mass is 10.1. The number of rotatable bonds is 12. The number of furan rings is 1. The van der Waals surface area contributed by atoms with Crippen molar-refractivity contribution in [2.24, 2.45) is 0 Å². The lowest BCUT2D eigenvalue weighted by Crippen LogP contribution is -2.00. The molecule has 0 spiro atoms. The monoisotopic (exact) mass is 263 g/mol. The molecule has 0 bridgehead atoms. The molecule has 0 amide bonds. The Bertz CT molecular complexity index is 357. The maximum Gasteiger partial charge on any atom is 0.193 e. The molecule has 0 aliphatic rings. The van der Waals surface area contributed by atoms with Gasteiger partial charge < -0.3 is 9.73 Å². The number of hydrogen-bond donors (Lipinski definition) is 1. The maximum absolute atomic E-state index is 10.4. The molecule has 1 N–H and O–H groups in total. The molecule has 0 fully saturated rings. The average Bonchev–Trinajstić information content (AvgIpc) is 2.89. The fourth-order valence-electron chi connectivity index (χ4n) is 2.02. The highest BCUT2D eigenvalue weighted by Crippen LogP contribution is 2.12. The van der Waals surface area contributed by atoms with Crippen molar-refractivity contribution in [2.75, 3.05) is 11.9 Å². The van der Waals surface area contributed by atoms with Crippen molar-refractivity contribution in [2.45, 2.75) is 51.4 Å². The van der Waals surface area contributed by atoms with Gasteiger partial charge in [0.25, 0.3) is 0 Å². The van der Waals surface area contributed by atoms with Gasteiger partial charge in [-0.3, -0.25) is 4.79 Å². The van der Waals surface area contributed by atoms with Crippen LogP contribution >= 0.6 is 0 Å². The molecular weight excluding hydrogens is 238 g/mol. The van der Waals surface area contributed by atoms with Gasteiger partial charge in [0.2, 0.25) is 0 Å². The Morgan fingerprint density at radius 3 is 2.37 bits per heavy atom. The number of hydrogen-bond acceptors (Lipinski definition) is 3. The van der Waals surface area contributed by atoms with Gasteiger partial charge in [-0.05, 0) is 25.3 Å². The standard InChI is InChI=1S/C16H25NO2/c1-2-3-4-5-6-7-8-9-10-13-17-16-12-11-15(14-18)19-16/h2,11-12,14,17H,1,3-10,13H2. The summed E-state index contributed by atoms with van der Waals surface area (Å²) in [7, 11) is 0. The first kappa shape index (κ1) is 15.5. The lowest BCUT2D eigenvalue weighted by Gasteiger charge is -2.03. The summed E-state index contributed by atoms with van der Waals surface area (Å²) in [5, 5.41) is 3.18. The van der Waals surface area contributed by atoms with E-state index in [4.69, 9.17) is 4.42 Å². The van der Waals surface area contributed by atoms with Crippen molar-refractivity contribution in [3.63, 3.8) is 0 Å². The summed E-state index contributed by atoms with van der Waals surface area (Å²) in [6, 6.07) is 3.47. The molecule has 0 radical (unpaired) electrons. The maximum atomic E-state index is 10.4. The molecule has 0 aromatic carbocycles. The van der Waals surface area contributed by atoms with Gasteiger partial charge in [0, 0.05) is 12.6 Å². The third kappa shape index (κ3) is 7.50. The van der Waals surface area contributed by atoms with Crippen LogP contribution in [0, 0.1) is 0 Å². The molecule has 1 rings (SSSR count). The van der Waals surface area contributed by atoms with Crippen LogP contribution in [0.25, 0.3) is 0 Å². The minimum atomic E-state index is 0.377. The topological polar surface area (TPSA) is 42.2 Å². The Kier molecular flexibility index (Phi) is 8.52. The van der Waals surface area contributed by atoms with Crippen LogP contribution in [0.15, 0.2) is 29.2 Å². The summed E-state index contributed by atoms with van der Waals surface area (Å²) in [6.07, 6.45) is 12.8. The largest absolute Gasteiger partial charge is 0.438 e. The minimum absolute atomic E-state index is 0.377. The molecule has 0 saturated carbocycles. The van der Waals surface area contributed by atoms with E-state index in [0.29, 0.717) is 11.6 Å². The van der Waals surface area contributed by atoms with Gasteiger partial charge in [-0.2, -0.15) is 0 Å². The SMILES string of the molecule is C=CCCCCCCCCCNc1ccc(C=O)o1. The van der Waals surface area contributed by atoms with E-state index < -0.39 is 0 Å². The van der Waals surface area contributed by atoms with Gasteiger partial charge >= 0.3 is 0 Å². The molecule has 3 nitrogen and oxygen atoms in total. The molecule has 106 valence electrons. The molecule has 1 heterocycles. The molecule has 0 saturated heterocycles. The molecule has 0 aliphatic heterocycles.